The maximum atomic E-state index is 12.1. The van der Waals surface area contributed by atoms with E-state index in [9.17, 15) is 4.79 Å². The summed E-state index contributed by atoms with van der Waals surface area (Å²) >= 11 is 11.8. The highest BCUT2D eigenvalue weighted by Gasteiger charge is 2.15. The highest BCUT2D eigenvalue weighted by atomic mass is 35.5. The summed E-state index contributed by atoms with van der Waals surface area (Å²) in [5.41, 5.74) is 0.633. The molecule has 1 atom stereocenters. The van der Waals surface area contributed by atoms with Crippen LogP contribution in [-0.2, 0) is 4.79 Å². The molecule has 22 heavy (non-hydrogen) atoms. The summed E-state index contributed by atoms with van der Waals surface area (Å²) in [5, 5.41) is 3.57. The zero-order chi connectivity index (χ0) is 16.1. The van der Waals surface area contributed by atoms with Crippen molar-refractivity contribution < 1.29 is 14.3 Å². The Hall–Kier alpha value is -1.91. The van der Waals surface area contributed by atoms with Crippen LogP contribution in [-0.4, -0.2) is 19.1 Å². The van der Waals surface area contributed by atoms with Crippen LogP contribution in [0.2, 0.25) is 10.0 Å². The molecule has 0 radical (unpaired) electrons. The van der Waals surface area contributed by atoms with Gasteiger partial charge in [0.05, 0.1) is 17.2 Å². The number of anilines is 1. The number of carbonyl (C=O) groups is 1. The van der Waals surface area contributed by atoms with E-state index in [0.717, 1.165) is 0 Å². The first-order chi connectivity index (χ1) is 10.5. The number of carbonyl (C=O) groups excluding carboxylic acids is 1. The summed E-state index contributed by atoms with van der Waals surface area (Å²) in [6.45, 7) is 1.65. The minimum Gasteiger partial charge on any atom is -0.497 e. The lowest BCUT2D eigenvalue weighted by Gasteiger charge is -2.15. The molecule has 0 saturated carbocycles. The molecule has 116 valence electrons. The second-order valence-electron chi connectivity index (χ2n) is 4.56. The molecule has 0 unspecified atom stereocenters. The van der Waals surface area contributed by atoms with Crippen molar-refractivity contribution in [1.29, 1.82) is 0 Å². The van der Waals surface area contributed by atoms with Gasteiger partial charge in [-0.15, -0.1) is 0 Å². The number of hydrogen-bond donors (Lipinski definition) is 1. The minimum absolute atomic E-state index is 0.278. The number of rotatable bonds is 5. The van der Waals surface area contributed by atoms with E-state index < -0.39 is 6.10 Å². The first-order valence-electron chi connectivity index (χ1n) is 6.56. The van der Waals surface area contributed by atoms with E-state index in [0.29, 0.717) is 27.2 Å². The van der Waals surface area contributed by atoms with Crippen LogP contribution in [0, 0.1) is 0 Å². The van der Waals surface area contributed by atoms with E-state index in [1.165, 1.54) is 0 Å². The molecule has 0 aliphatic heterocycles. The zero-order valence-corrected chi connectivity index (χ0v) is 13.6. The van der Waals surface area contributed by atoms with Gasteiger partial charge in [0.25, 0.3) is 5.91 Å². The summed E-state index contributed by atoms with van der Waals surface area (Å²) in [5.74, 6) is 0.859. The van der Waals surface area contributed by atoms with Crippen LogP contribution in [0.3, 0.4) is 0 Å². The molecule has 0 spiro atoms. The summed E-state index contributed by atoms with van der Waals surface area (Å²) in [7, 11) is 1.57. The molecular weight excluding hydrogens is 325 g/mol. The third-order valence-electron chi connectivity index (χ3n) is 2.91. The summed E-state index contributed by atoms with van der Waals surface area (Å²) < 4.78 is 10.7. The number of methoxy groups -OCH3 is 1. The second kappa shape index (κ2) is 7.38. The van der Waals surface area contributed by atoms with Crippen molar-refractivity contribution in [3.8, 4) is 11.5 Å². The Bertz CT molecular complexity index is 676. The lowest BCUT2D eigenvalue weighted by atomic mass is 10.2. The molecule has 0 aromatic heterocycles. The van der Waals surface area contributed by atoms with Crippen molar-refractivity contribution >= 4 is 34.8 Å². The molecule has 2 aromatic carbocycles. The largest absolute Gasteiger partial charge is 0.497 e. The highest BCUT2D eigenvalue weighted by Crippen LogP contribution is 2.27. The van der Waals surface area contributed by atoms with Gasteiger partial charge in [-0.2, -0.15) is 0 Å². The van der Waals surface area contributed by atoms with Gasteiger partial charge in [-0.05, 0) is 31.2 Å². The van der Waals surface area contributed by atoms with Crippen molar-refractivity contribution in [2.75, 3.05) is 12.4 Å². The number of hydrogen-bond acceptors (Lipinski definition) is 3. The molecule has 6 heteroatoms. The van der Waals surface area contributed by atoms with Gasteiger partial charge in [-0.3, -0.25) is 4.79 Å². The lowest BCUT2D eigenvalue weighted by Crippen LogP contribution is -2.30. The Labute approximate surface area is 138 Å². The summed E-state index contributed by atoms with van der Waals surface area (Å²) in [4.78, 5) is 12.1. The standard InChI is InChI=1S/C16H15Cl2NO3/c1-10(22-13-6-7-14(17)15(18)9-13)16(20)19-11-4-3-5-12(8-11)21-2/h3-10H,1-2H3,(H,19,20)/t10-/m0/s1. The van der Waals surface area contributed by atoms with Gasteiger partial charge < -0.3 is 14.8 Å². The van der Waals surface area contributed by atoms with Crippen LogP contribution >= 0.6 is 23.2 Å². The van der Waals surface area contributed by atoms with E-state index in [1.807, 2.05) is 0 Å². The zero-order valence-electron chi connectivity index (χ0n) is 12.1. The van der Waals surface area contributed by atoms with E-state index in [1.54, 1.807) is 56.5 Å². The minimum atomic E-state index is -0.691. The molecule has 0 fully saturated rings. The molecule has 4 nitrogen and oxygen atoms in total. The summed E-state index contributed by atoms with van der Waals surface area (Å²) in [6, 6.07) is 11.9. The fourth-order valence-electron chi connectivity index (χ4n) is 1.75. The SMILES string of the molecule is COc1cccc(NC(=O)[C@H](C)Oc2ccc(Cl)c(Cl)c2)c1. The topological polar surface area (TPSA) is 47.6 Å². The van der Waals surface area contributed by atoms with Gasteiger partial charge in [-0.1, -0.05) is 29.3 Å². The molecule has 0 saturated heterocycles. The van der Waals surface area contributed by atoms with Crippen LogP contribution in [0.1, 0.15) is 6.92 Å². The fourth-order valence-corrected chi connectivity index (χ4v) is 2.04. The van der Waals surface area contributed by atoms with Crippen LogP contribution in [0.4, 0.5) is 5.69 Å². The van der Waals surface area contributed by atoms with Crippen LogP contribution in [0.25, 0.3) is 0 Å². The van der Waals surface area contributed by atoms with Crippen molar-refractivity contribution in [2.24, 2.45) is 0 Å². The van der Waals surface area contributed by atoms with E-state index >= 15 is 0 Å². The van der Waals surface area contributed by atoms with Crippen LogP contribution in [0.15, 0.2) is 42.5 Å². The third-order valence-corrected chi connectivity index (χ3v) is 3.65. The van der Waals surface area contributed by atoms with Crippen molar-refractivity contribution in [1.82, 2.24) is 0 Å². The molecular formula is C16H15Cl2NO3. The quantitative estimate of drug-likeness (QED) is 0.877. The maximum Gasteiger partial charge on any atom is 0.265 e. The predicted octanol–water partition coefficient (Wildman–Crippen LogP) is 4.41. The molecule has 0 aliphatic carbocycles. The number of amides is 1. The predicted molar refractivity (Wildman–Crippen MR) is 88.2 cm³/mol. The highest BCUT2D eigenvalue weighted by molar-refractivity contribution is 6.42. The second-order valence-corrected chi connectivity index (χ2v) is 5.37. The Kier molecular flexibility index (Phi) is 5.52. The van der Waals surface area contributed by atoms with E-state index in [-0.39, 0.29) is 5.91 Å². The normalized spacial score (nSPS) is 11.6. The molecule has 0 bridgehead atoms. The Morgan fingerprint density at radius 1 is 1.09 bits per heavy atom. The van der Waals surface area contributed by atoms with Crippen molar-refractivity contribution in [2.45, 2.75) is 13.0 Å². The number of nitrogens with one attached hydrogen (secondary N) is 1. The third kappa shape index (κ3) is 4.29. The Morgan fingerprint density at radius 2 is 1.86 bits per heavy atom. The molecule has 2 aromatic rings. The van der Waals surface area contributed by atoms with Gasteiger partial charge >= 0.3 is 0 Å². The van der Waals surface area contributed by atoms with E-state index in [4.69, 9.17) is 32.7 Å². The average Bonchev–Trinajstić information content (AvgIpc) is 2.51. The number of ether oxygens (including phenoxy) is 2. The Balaban J connectivity index is 2.00. The van der Waals surface area contributed by atoms with Crippen molar-refractivity contribution in [3.63, 3.8) is 0 Å². The molecule has 2 rings (SSSR count). The van der Waals surface area contributed by atoms with Gasteiger partial charge in [-0.25, -0.2) is 0 Å². The van der Waals surface area contributed by atoms with Gasteiger partial charge in [0.2, 0.25) is 0 Å². The molecule has 1 N–H and O–H groups in total. The smallest absolute Gasteiger partial charge is 0.265 e. The molecule has 1 amide bonds. The van der Waals surface area contributed by atoms with Crippen LogP contribution in [0.5, 0.6) is 11.5 Å². The van der Waals surface area contributed by atoms with Gasteiger partial charge in [0.15, 0.2) is 6.10 Å². The Morgan fingerprint density at radius 3 is 2.55 bits per heavy atom. The monoisotopic (exact) mass is 339 g/mol. The molecule has 0 aliphatic rings. The number of benzene rings is 2. The van der Waals surface area contributed by atoms with Crippen molar-refractivity contribution in [3.05, 3.63) is 52.5 Å². The van der Waals surface area contributed by atoms with Gasteiger partial charge in [0.1, 0.15) is 11.5 Å². The number of halogens is 2. The van der Waals surface area contributed by atoms with Gasteiger partial charge in [0, 0.05) is 17.8 Å². The average molecular weight is 340 g/mol. The van der Waals surface area contributed by atoms with Crippen LogP contribution < -0.4 is 14.8 Å². The summed E-state index contributed by atoms with van der Waals surface area (Å²) in [6.07, 6.45) is -0.691. The fraction of sp³-hybridized carbons (Fsp3) is 0.188. The maximum absolute atomic E-state index is 12.1. The van der Waals surface area contributed by atoms with E-state index in [2.05, 4.69) is 5.32 Å². The molecule has 0 heterocycles. The first-order valence-corrected chi connectivity index (χ1v) is 7.32. The first kappa shape index (κ1) is 16.5. The lowest BCUT2D eigenvalue weighted by molar-refractivity contribution is -0.122.